The van der Waals surface area contributed by atoms with E-state index in [9.17, 15) is 19.5 Å². The Bertz CT molecular complexity index is 1160. The molecule has 3 rings (SSSR count). The minimum absolute atomic E-state index is 0. The number of nitrogens with two attached hydrogens (primary N) is 1. The number of nitrogens with one attached hydrogen (secondary N) is 1. The van der Waals surface area contributed by atoms with Crippen LogP contribution in [0.3, 0.4) is 0 Å². The number of amides is 1. The second kappa shape index (κ2) is 11.3. The van der Waals surface area contributed by atoms with Crippen molar-refractivity contribution in [1.29, 1.82) is 0 Å². The number of carbonyl (C=O) groups excluding carboxylic acids is 1. The normalized spacial score (nSPS) is 10.3. The van der Waals surface area contributed by atoms with Crippen LogP contribution in [0.1, 0.15) is 32.8 Å². The van der Waals surface area contributed by atoms with Crippen LogP contribution in [0.5, 0.6) is 5.88 Å². The minimum atomic E-state index is -1.25. The molecule has 0 saturated heterocycles. The fraction of sp³-hybridized carbons (Fsp3) is 0.250. The standard InChI is InChI=1S/C20H22N6O5.Li.H/c1-25-12-15(18(24-25)20(29)30)22-19(28)14-5-2-4-13(10-14)11-26-17(27)7-6-16(23-26)31-9-3-8-21;;/h2,4-7,10,12H,3,8-9,11,21H2,1H3,(H,22,28)(H,29,30);;. The van der Waals surface area contributed by atoms with Crippen LogP contribution in [0.4, 0.5) is 5.69 Å². The first-order valence-corrected chi connectivity index (χ1v) is 9.45. The van der Waals surface area contributed by atoms with Crippen LogP contribution in [0.2, 0.25) is 0 Å². The average molecular weight is 434 g/mol. The van der Waals surface area contributed by atoms with Crippen molar-refractivity contribution in [2.75, 3.05) is 18.5 Å². The van der Waals surface area contributed by atoms with Gasteiger partial charge in [-0.1, -0.05) is 12.1 Å². The molecule has 0 bridgehead atoms. The van der Waals surface area contributed by atoms with Crippen molar-refractivity contribution >= 4 is 36.4 Å². The van der Waals surface area contributed by atoms with Crippen molar-refractivity contribution in [3.8, 4) is 5.88 Å². The Balaban J connectivity index is 0.00000363. The summed E-state index contributed by atoms with van der Waals surface area (Å²) in [6.45, 7) is 1.01. The second-order valence-electron chi connectivity index (χ2n) is 6.68. The Labute approximate surface area is 195 Å². The van der Waals surface area contributed by atoms with Crippen molar-refractivity contribution < 1.29 is 19.4 Å². The van der Waals surface area contributed by atoms with Crippen LogP contribution in [0.25, 0.3) is 0 Å². The number of rotatable bonds is 9. The van der Waals surface area contributed by atoms with E-state index in [4.69, 9.17) is 10.5 Å². The average Bonchev–Trinajstić information content (AvgIpc) is 3.11. The first-order chi connectivity index (χ1) is 14.9. The molecule has 0 saturated carbocycles. The zero-order valence-electron chi connectivity index (χ0n) is 16.8. The number of aryl methyl sites for hydroxylation is 1. The second-order valence-corrected chi connectivity index (χ2v) is 6.68. The fourth-order valence-electron chi connectivity index (χ4n) is 2.80. The van der Waals surface area contributed by atoms with Crippen molar-refractivity contribution in [3.05, 3.63) is 69.8 Å². The molecule has 0 aliphatic carbocycles. The Morgan fingerprint density at radius 3 is 2.72 bits per heavy atom. The molecule has 1 amide bonds. The number of benzene rings is 1. The number of carbonyl (C=O) groups is 2. The summed E-state index contributed by atoms with van der Waals surface area (Å²) >= 11 is 0. The summed E-state index contributed by atoms with van der Waals surface area (Å²) in [6.07, 6.45) is 2.07. The predicted octanol–water partition coefficient (Wildman–Crippen LogP) is 0.0547. The molecule has 164 valence electrons. The van der Waals surface area contributed by atoms with Gasteiger partial charge in [0.25, 0.3) is 11.5 Å². The predicted molar refractivity (Wildman–Crippen MR) is 118 cm³/mol. The molecule has 4 N–H and O–H groups in total. The van der Waals surface area contributed by atoms with E-state index in [0.717, 1.165) is 0 Å². The summed E-state index contributed by atoms with van der Waals surface area (Å²) in [4.78, 5) is 36.0. The van der Waals surface area contributed by atoms with Gasteiger partial charge in [0.1, 0.15) is 0 Å². The number of carboxylic acids is 1. The molecule has 0 spiro atoms. The van der Waals surface area contributed by atoms with Crippen LogP contribution in [-0.4, -0.2) is 68.6 Å². The number of ether oxygens (including phenoxy) is 1. The third-order valence-corrected chi connectivity index (χ3v) is 4.24. The Morgan fingerprint density at radius 1 is 1.22 bits per heavy atom. The van der Waals surface area contributed by atoms with Crippen molar-refractivity contribution in [1.82, 2.24) is 19.6 Å². The van der Waals surface area contributed by atoms with Crippen LogP contribution in [0.15, 0.2) is 47.4 Å². The summed E-state index contributed by atoms with van der Waals surface area (Å²) < 4.78 is 8.01. The van der Waals surface area contributed by atoms with E-state index in [1.54, 1.807) is 31.3 Å². The monoisotopic (exact) mass is 434 g/mol. The van der Waals surface area contributed by atoms with Gasteiger partial charge in [-0.15, -0.1) is 5.10 Å². The quantitative estimate of drug-likeness (QED) is 0.315. The molecule has 12 heteroatoms. The molecule has 32 heavy (non-hydrogen) atoms. The summed E-state index contributed by atoms with van der Waals surface area (Å²) in [5.41, 5.74) is 5.91. The molecule has 1 aromatic carbocycles. The summed E-state index contributed by atoms with van der Waals surface area (Å²) in [5, 5.41) is 19.7. The number of nitrogens with zero attached hydrogens (tertiary/aromatic N) is 4. The zero-order chi connectivity index (χ0) is 22.4. The van der Waals surface area contributed by atoms with E-state index < -0.39 is 11.9 Å². The van der Waals surface area contributed by atoms with E-state index in [1.807, 2.05) is 0 Å². The summed E-state index contributed by atoms with van der Waals surface area (Å²) in [5.74, 6) is -1.44. The first-order valence-electron chi connectivity index (χ1n) is 9.45. The van der Waals surface area contributed by atoms with Gasteiger partial charge in [-0.05, 0) is 30.7 Å². The van der Waals surface area contributed by atoms with Crippen LogP contribution >= 0.6 is 0 Å². The third-order valence-electron chi connectivity index (χ3n) is 4.24. The van der Waals surface area contributed by atoms with Gasteiger partial charge in [0, 0.05) is 30.9 Å². The molecule has 11 nitrogen and oxygen atoms in total. The molecule has 0 unspecified atom stereocenters. The fourth-order valence-corrected chi connectivity index (χ4v) is 2.80. The zero-order valence-corrected chi connectivity index (χ0v) is 16.8. The Kier molecular flexibility index (Phi) is 8.78. The van der Waals surface area contributed by atoms with Gasteiger partial charge in [-0.3, -0.25) is 14.3 Å². The molecule has 0 aliphatic rings. The molecule has 2 aromatic heterocycles. The maximum atomic E-state index is 12.6. The van der Waals surface area contributed by atoms with Crippen LogP contribution in [-0.2, 0) is 13.6 Å². The van der Waals surface area contributed by atoms with Crippen LogP contribution in [0, 0.1) is 0 Å². The van der Waals surface area contributed by atoms with Gasteiger partial charge in [-0.25, -0.2) is 9.48 Å². The van der Waals surface area contributed by atoms with Gasteiger partial charge in [-0.2, -0.15) is 5.10 Å². The van der Waals surface area contributed by atoms with E-state index in [0.29, 0.717) is 36.6 Å². The number of hydrogen-bond acceptors (Lipinski definition) is 7. The number of hydrogen-bond donors (Lipinski definition) is 3. The molecule has 0 fully saturated rings. The third kappa shape index (κ3) is 6.30. The number of aromatic nitrogens is 4. The number of carboxylic acid groups (broad SMARTS) is 1. The molecule has 0 atom stereocenters. The van der Waals surface area contributed by atoms with Gasteiger partial charge >= 0.3 is 24.8 Å². The first kappa shape index (κ1) is 24.9. The maximum absolute atomic E-state index is 12.6. The molecule has 2 heterocycles. The van der Waals surface area contributed by atoms with Crippen molar-refractivity contribution in [2.45, 2.75) is 13.0 Å². The van der Waals surface area contributed by atoms with Crippen LogP contribution < -0.4 is 21.3 Å². The molecular weight excluding hydrogens is 411 g/mol. The molecule has 0 aliphatic heterocycles. The van der Waals surface area contributed by atoms with E-state index in [1.165, 1.54) is 27.7 Å². The Morgan fingerprint density at radius 2 is 2.00 bits per heavy atom. The van der Waals surface area contributed by atoms with E-state index in [2.05, 4.69) is 15.5 Å². The number of anilines is 1. The molecule has 0 radical (unpaired) electrons. The topological polar surface area (TPSA) is 154 Å². The van der Waals surface area contributed by atoms with Gasteiger partial charge < -0.3 is 20.9 Å². The Hall–Kier alpha value is -3.39. The summed E-state index contributed by atoms with van der Waals surface area (Å²) in [7, 11) is 1.56. The molecular formula is C20H23LiN6O5. The van der Waals surface area contributed by atoms with E-state index >= 15 is 0 Å². The number of aromatic carboxylic acids is 1. The molecule has 3 aromatic rings. The van der Waals surface area contributed by atoms with Crippen molar-refractivity contribution in [2.24, 2.45) is 12.8 Å². The van der Waals surface area contributed by atoms with Crippen molar-refractivity contribution in [3.63, 3.8) is 0 Å². The van der Waals surface area contributed by atoms with Gasteiger partial charge in [0.15, 0.2) is 5.69 Å². The SMILES string of the molecule is Cn1cc(NC(=O)c2cccc(Cn3nc(OCCCN)ccc3=O)c2)c(C(=O)O)n1.[LiH]. The van der Waals surface area contributed by atoms with Gasteiger partial charge in [0.05, 0.1) is 18.8 Å². The summed E-state index contributed by atoms with van der Waals surface area (Å²) in [6, 6.07) is 9.45. The van der Waals surface area contributed by atoms with E-state index in [-0.39, 0.29) is 42.3 Å². The van der Waals surface area contributed by atoms with Gasteiger partial charge in [0.2, 0.25) is 5.88 Å².